The first kappa shape index (κ1) is 19.1. The van der Waals surface area contributed by atoms with Crippen molar-refractivity contribution in [1.82, 2.24) is 5.43 Å². The predicted molar refractivity (Wildman–Crippen MR) is 118 cm³/mol. The average Bonchev–Trinajstić information content (AvgIpc) is 3.53. The number of benzene rings is 3. The van der Waals surface area contributed by atoms with Crippen LogP contribution in [-0.2, 0) is 10.2 Å². The van der Waals surface area contributed by atoms with Crippen molar-refractivity contribution in [3.63, 3.8) is 0 Å². The van der Waals surface area contributed by atoms with E-state index in [1.165, 1.54) is 11.1 Å². The number of carbonyl (C=O) groups is 1. The van der Waals surface area contributed by atoms with E-state index in [9.17, 15) is 4.79 Å². The molecule has 3 aromatic carbocycles. The molecule has 0 saturated heterocycles. The lowest BCUT2D eigenvalue weighted by atomic mass is 9.85. The maximum atomic E-state index is 13.1. The lowest BCUT2D eigenvalue weighted by Gasteiger charge is -2.18. The number of carbonyl (C=O) groups excluding carboxylic acids is 1. The zero-order chi connectivity index (χ0) is 20.3. The van der Waals surface area contributed by atoms with E-state index in [1.807, 2.05) is 66.7 Å². The molecule has 0 bridgehead atoms. The minimum absolute atomic E-state index is 0.0215. The number of hydrogen-bond donors (Lipinski definition) is 1. The van der Waals surface area contributed by atoms with Crippen LogP contribution in [0.2, 0.25) is 0 Å². The van der Waals surface area contributed by atoms with Crippen molar-refractivity contribution in [2.45, 2.75) is 25.7 Å². The number of amides is 1. The second-order valence-electron chi connectivity index (χ2n) is 7.95. The average molecular weight is 383 g/mol. The third-order valence-electron chi connectivity index (χ3n) is 5.76. The minimum atomic E-state index is -0.271. The molecular formula is C26H26N2O. The fourth-order valence-electron chi connectivity index (χ4n) is 4.18. The van der Waals surface area contributed by atoms with Crippen LogP contribution in [0.5, 0.6) is 0 Å². The summed E-state index contributed by atoms with van der Waals surface area (Å²) in [6, 6.07) is 30.7. The number of rotatable bonds is 6. The van der Waals surface area contributed by atoms with Crippen molar-refractivity contribution in [3.8, 4) is 0 Å². The van der Waals surface area contributed by atoms with E-state index in [1.54, 1.807) is 0 Å². The largest absolute Gasteiger partial charge is 0.273 e. The highest BCUT2D eigenvalue weighted by molar-refractivity contribution is 6.02. The summed E-state index contributed by atoms with van der Waals surface area (Å²) in [7, 11) is 0. The lowest BCUT2D eigenvalue weighted by Crippen LogP contribution is -2.27. The van der Waals surface area contributed by atoms with Crippen LogP contribution in [0.15, 0.2) is 96.1 Å². The molecule has 1 amide bonds. The zero-order valence-corrected chi connectivity index (χ0v) is 16.9. The third-order valence-corrected chi connectivity index (χ3v) is 5.76. The maximum absolute atomic E-state index is 13.1. The summed E-state index contributed by atoms with van der Waals surface area (Å²) >= 11 is 0. The van der Waals surface area contributed by atoms with E-state index in [0.717, 1.165) is 17.7 Å². The molecular weight excluding hydrogens is 356 g/mol. The molecule has 3 aromatic rings. The summed E-state index contributed by atoms with van der Waals surface area (Å²) in [5, 5.41) is 4.52. The van der Waals surface area contributed by atoms with Gasteiger partial charge >= 0.3 is 0 Å². The van der Waals surface area contributed by atoms with Gasteiger partial charge in [-0.05, 0) is 29.0 Å². The predicted octanol–water partition coefficient (Wildman–Crippen LogP) is 5.17. The Kier molecular flexibility index (Phi) is 5.30. The van der Waals surface area contributed by atoms with Gasteiger partial charge in [0.15, 0.2) is 0 Å². The molecule has 1 aliphatic carbocycles. The maximum Gasteiger partial charge on any atom is 0.244 e. The van der Waals surface area contributed by atoms with Crippen molar-refractivity contribution in [2.24, 2.45) is 16.9 Å². The van der Waals surface area contributed by atoms with Gasteiger partial charge in [-0.25, -0.2) is 5.43 Å². The fraction of sp³-hybridized carbons (Fsp3) is 0.231. The summed E-state index contributed by atoms with van der Waals surface area (Å²) in [6.45, 7) is 4.18. The van der Waals surface area contributed by atoms with Crippen LogP contribution in [-0.4, -0.2) is 11.6 Å². The van der Waals surface area contributed by atoms with Crippen molar-refractivity contribution in [2.75, 3.05) is 0 Å². The summed E-state index contributed by atoms with van der Waals surface area (Å²) < 4.78 is 0. The van der Waals surface area contributed by atoms with Crippen LogP contribution in [0.1, 0.15) is 37.0 Å². The highest BCUT2D eigenvalue weighted by Gasteiger charge is 2.60. The summed E-state index contributed by atoms with van der Waals surface area (Å²) in [5.41, 5.74) is 6.89. The number of nitrogens with one attached hydrogen (secondary N) is 1. The van der Waals surface area contributed by atoms with Gasteiger partial charge in [0.1, 0.15) is 0 Å². The second-order valence-corrected chi connectivity index (χ2v) is 7.95. The molecule has 0 aliphatic heterocycles. The molecule has 1 atom stereocenters. The number of hydrogen-bond acceptors (Lipinski definition) is 2. The molecule has 0 aromatic heterocycles. The van der Waals surface area contributed by atoms with Crippen LogP contribution in [0.4, 0.5) is 0 Å². The van der Waals surface area contributed by atoms with Crippen LogP contribution in [0.25, 0.3) is 0 Å². The van der Waals surface area contributed by atoms with E-state index >= 15 is 0 Å². The first-order valence-corrected chi connectivity index (χ1v) is 10.2. The SMILES string of the molecule is CC(C)C(=NNC(=O)[C@@H]1CC1(c1ccccc1)c1ccccc1)c1ccccc1. The number of hydrazone groups is 1. The first-order chi connectivity index (χ1) is 14.1. The topological polar surface area (TPSA) is 41.5 Å². The summed E-state index contributed by atoms with van der Waals surface area (Å²) in [5.74, 6) is 0.0666. The first-order valence-electron chi connectivity index (χ1n) is 10.2. The van der Waals surface area contributed by atoms with Crippen molar-refractivity contribution in [1.29, 1.82) is 0 Å². The molecule has 0 radical (unpaired) electrons. The molecule has 0 spiro atoms. The van der Waals surface area contributed by atoms with E-state index in [4.69, 9.17) is 0 Å². The standard InChI is InChI=1S/C26H26N2O/c1-19(2)24(20-12-6-3-7-13-20)27-28-25(29)23-18-26(23,21-14-8-4-9-15-21)22-16-10-5-11-17-22/h3-17,19,23H,18H2,1-2H3,(H,28,29)/t23-/m0/s1. The van der Waals surface area contributed by atoms with Gasteiger partial charge in [-0.2, -0.15) is 5.10 Å². The van der Waals surface area contributed by atoms with Crippen LogP contribution < -0.4 is 5.43 Å². The monoisotopic (exact) mass is 382 g/mol. The molecule has 4 rings (SSSR count). The molecule has 3 nitrogen and oxygen atoms in total. The van der Waals surface area contributed by atoms with Crippen LogP contribution in [0.3, 0.4) is 0 Å². The molecule has 1 N–H and O–H groups in total. The normalized spacial score (nSPS) is 17.8. The summed E-state index contributed by atoms with van der Waals surface area (Å²) in [4.78, 5) is 13.1. The minimum Gasteiger partial charge on any atom is -0.273 e. The third kappa shape index (κ3) is 3.73. The number of nitrogens with zero attached hydrogens (tertiary/aromatic N) is 1. The highest BCUT2D eigenvalue weighted by Crippen LogP contribution is 2.58. The van der Waals surface area contributed by atoms with E-state index in [2.05, 4.69) is 48.6 Å². The summed E-state index contributed by atoms with van der Waals surface area (Å²) in [6.07, 6.45) is 0.796. The van der Waals surface area contributed by atoms with E-state index in [0.29, 0.717) is 0 Å². The van der Waals surface area contributed by atoms with Crippen molar-refractivity contribution < 1.29 is 4.79 Å². The van der Waals surface area contributed by atoms with Gasteiger partial charge < -0.3 is 0 Å². The Labute approximate surface area is 172 Å². The van der Waals surface area contributed by atoms with Gasteiger partial charge in [-0.15, -0.1) is 0 Å². The molecule has 1 saturated carbocycles. The van der Waals surface area contributed by atoms with Gasteiger partial charge in [0, 0.05) is 5.41 Å². The molecule has 0 heterocycles. The Morgan fingerprint density at radius 2 is 1.34 bits per heavy atom. The molecule has 146 valence electrons. The highest BCUT2D eigenvalue weighted by atomic mass is 16.2. The Balaban J connectivity index is 1.61. The van der Waals surface area contributed by atoms with Gasteiger partial charge in [0.05, 0.1) is 11.6 Å². The van der Waals surface area contributed by atoms with Gasteiger partial charge in [-0.1, -0.05) is 105 Å². The Bertz CT molecular complexity index is 955. The smallest absolute Gasteiger partial charge is 0.244 e. The van der Waals surface area contributed by atoms with E-state index < -0.39 is 0 Å². The molecule has 3 heteroatoms. The van der Waals surface area contributed by atoms with Gasteiger partial charge in [0.2, 0.25) is 5.91 Å². The molecule has 1 fully saturated rings. The van der Waals surface area contributed by atoms with Crippen LogP contribution in [0, 0.1) is 11.8 Å². The van der Waals surface area contributed by atoms with E-state index in [-0.39, 0.29) is 23.2 Å². The van der Waals surface area contributed by atoms with Gasteiger partial charge in [-0.3, -0.25) is 4.79 Å². The quantitative estimate of drug-likeness (QED) is 0.464. The zero-order valence-electron chi connectivity index (χ0n) is 16.9. The van der Waals surface area contributed by atoms with Crippen molar-refractivity contribution in [3.05, 3.63) is 108 Å². The Morgan fingerprint density at radius 3 is 1.83 bits per heavy atom. The van der Waals surface area contributed by atoms with Crippen LogP contribution >= 0.6 is 0 Å². The molecule has 29 heavy (non-hydrogen) atoms. The molecule has 0 unspecified atom stereocenters. The van der Waals surface area contributed by atoms with Gasteiger partial charge in [0.25, 0.3) is 0 Å². The van der Waals surface area contributed by atoms with Crippen molar-refractivity contribution >= 4 is 11.6 Å². The fourth-order valence-corrected chi connectivity index (χ4v) is 4.18. The Hall–Kier alpha value is -3.20. The molecule has 1 aliphatic rings. The Morgan fingerprint density at radius 1 is 0.862 bits per heavy atom. The lowest BCUT2D eigenvalue weighted by molar-refractivity contribution is -0.122. The second kappa shape index (κ2) is 8.04.